The monoisotopic (exact) mass is 200 g/mol. The first-order chi connectivity index (χ1) is 6.69. The number of amides is 1. The summed E-state index contributed by atoms with van der Waals surface area (Å²) in [5.41, 5.74) is 0. The molecule has 1 unspecified atom stereocenters. The van der Waals surface area contributed by atoms with E-state index in [1.54, 1.807) is 7.11 Å². The predicted molar refractivity (Wildman–Crippen MR) is 55.1 cm³/mol. The first kappa shape index (κ1) is 11.5. The fourth-order valence-electron chi connectivity index (χ4n) is 1.78. The van der Waals surface area contributed by atoms with Gasteiger partial charge in [-0.15, -0.1) is 0 Å². The lowest BCUT2D eigenvalue weighted by atomic mass is 10.2. The molecular weight excluding hydrogens is 180 g/mol. The highest BCUT2D eigenvalue weighted by molar-refractivity contribution is 5.81. The van der Waals surface area contributed by atoms with Crippen molar-refractivity contribution in [2.75, 3.05) is 26.7 Å². The Kier molecular flexibility index (Phi) is 4.35. The Morgan fingerprint density at radius 3 is 2.93 bits per heavy atom. The molecule has 0 radical (unpaired) electrons. The van der Waals surface area contributed by atoms with Gasteiger partial charge in [0.05, 0.1) is 0 Å². The van der Waals surface area contributed by atoms with Crippen molar-refractivity contribution in [1.82, 2.24) is 10.2 Å². The Balaban J connectivity index is 2.50. The second-order valence-electron chi connectivity index (χ2n) is 3.77. The molecule has 0 aromatic rings. The fraction of sp³-hybridized carbons (Fsp3) is 0.900. The summed E-state index contributed by atoms with van der Waals surface area (Å²) in [6.45, 7) is 6.53. The normalized spacial score (nSPS) is 24.8. The highest BCUT2D eigenvalue weighted by atomic mass is 16.5. The Hall–Kier alpha value is -0.610. The lowest BCUT2D eigenvalue weighted by Gasteiger charge is -2.33. The Morgan fingerprint density at radius 1 is 1.71 bits per heavy atom. The summed E-state index contributed by atoms with van der Waals surface area (Å²) >= 11 is 0. The van der Waals surface area contributed by atoms with Gasteiger partial charge in [-0.3, -0.25) is 4.79 Å². The van der Waals surface area contributed by atoms with Gasteiger partial charge in [0, 0.05) is 32.8 Å². The van der Waals surface area contributed by atoms with Crippen LogP contribution < -0.4 is 5.32 Å². The van der Waals surface area contributed by atoms with Gasteiger partial charge >= 0.3 is 0 Å². The van der Waals surface area contributed by atoms with E-state index in [0.29, 0.717) is 6.04 Å². The van der Waals surface area contributed by atoms with Crippen molar-refractivity contribution in [3.8, 4) is 0 Å². The number of rotatable bonds is 3. The van der Waals surface area contributed by atoms with E-state index in [1.807, 2.05) is 11.8 Å². The molecule has 1 aliphatic heterocycles. The zero-order valence-corrected chi connectivity index (χ0v) is 9.25. The zero-order chi connectivity index (χ0) is 10.6. The molecule has 4 nitrogen and oxygen atoms in total. The third kappa shape index (κ3) is 2.69. The maximum absolute atomic E-state index is 11.9. The van der Waals surface area contributed by atoms with E-state index < -0.39 is 0 Å². The Morgan fingerprint density at radius 2 is 2.43 bits per heavy atom. The summed E-state index contributed by atoms with van der Waals surface area (Å²) in [5, 5.41) is 3.31. The van der Waals surface area contributed by atoms with Crippen LogP contribution in [0.3, 0.4) is 0 Å². The van der Waals surface area contributed by atoms with E-state index in [2.05, 4.69) is 12.2 Å². The van der Waals surface area contributed by atoms with Crippen LogP contribution in [0.1, 0.15) is 20.3 Å². The number of nitrogens with one attached hydrogen (secondary N) is 1. The number of hydrogen-bond donors (Lipinski definition) is 1. The summed E-state index contributed by atoms with van der Waals surface area (Å²) in [6.07, 6.45) is 0.480. The molecule has 0 spiro atoms. The van der Waals surface area contributed by atoms with Crippen molar-refractivity contribution in [2.45, 2.75) is 32.4 Å². The molecule has 2 atom stereocenters. The minimum atomic E-state index is -0.264. The topological polar surface area (TPSA) is 41.6 Å². The van der Waals surface area contributed by atoms with Crippen molar-refractivity contribution >= 4 is 5.91 Å². The highest BCUT2D eigenvalue weighted by Gasteiger charge is 2.25. The van der Waals surface area contributed by atoms with Gasteiger partial charge in [0.25, 0.3) is 5.91 Å². The maximum atomic E-state index is 11.9. The van der Waals surface area contributed by atoms with Crippen molar-refractivity contribution in [3.63, 3.8) is 0 Å². The number of ether oxygens (including phenoxy) is 1. The third-order valence-electron chi connectivity index (χ3n) is 2.61. The lowest BCUT2D eigenvalue weighted by Crippen LogP contribution is -2.53. The largest absolute Gasteiger partial charge is 0.372 e. The Labute approximate surface area is 85.6 Å². The summed E-state index contributed by atoms with van der Waals surface area (Å²) in [6, 6.07) is 0.391. The van der Waals surface area contributed by atoms with Gasteiger partial charge in [0.2, 0.25) is 0 Å². The van der Waals surface area contributed by atoms with Crippen LogP contribution >= 0.6 is 0 Å². The number of methoxy groups -OCH3 is 1. The molecular formula is C10H20N2O2. The first-order valence-electron chi connectivity index (χ1n) is 5.24. The predicted octanol–water partition coefficient (Wildman–Crippen LogP) is 0.232. The summed E-state index contributed by atoms with van der Waals surface area (Å²) in [5.74, 6) is 0.128. The first-order valence-corrected chi connectivity index (χ1v) is 5.24. The molecule has 0 bridgehead atoms. The van der Waals surface area contributed by atoms with Crippen LogP contribution in [0.25, 0.3) is 0 Å². The van der Waals surface area contributed by atoms with Crippen LogP contribution in [0.2, 0.25) is 0 Å². The molecule has 82 valence electrons. The van der Waals surface area contributed by atoms with Gasteiger partial charge < -0.3 is 15.0 Å². The average molecular weight is 200 g/mol. The molecule has 1 N–H and O–H groups in total. The van der Waals surface area contributed by atoms with Gasteiger partial charge in [-0.2, -0.15) is 0 Å². The molecule has 14 heavy (non-hydrogen) atoms. The number of carbonyl (C=O) groups is 1. The summed E-state index contributed by atoms with van der Waals surface area (Å²) in [7, 11) is 1.59. The molecule has 1 fully saturated rings. The van der Waals surface area contributed by atoms with Crippen LogP contribution in [0.15, 0.2) is 0 Å². The van der Waals surface area contributed by atoms with Crippen molar-refractivity contribution < 1.29 is 9.53 Å². The smallest absolute Gasteiger partial charge is 0.251 e. The molecule has 1 aliphatic rings. The van der Waals surface area contributed by atoms with Crippen molar-refractivity contribution in [2.24, 2.45) is 0 Å². The molecule has 4 heteroatoms. The molecule has 0 saturated carbocycles. The quantitative estimate of drug-likeness (QED) is 0.709. The molecule has 1 saturated heterocycles. The second kappa shape index (κ2) is 5.32. The van der Waals surface area contributed by atoms with E-state index in [9.17, 15) is 4.79 Å². The summed E-state index contributed by atoms with van der Waals surface area (Å²) in [4.78, 5) is 13.8. The van der Waals surface area contributed by atoms with Crippen LogP contribution in [-0.2, 0) is 9.53 Å². The third-order valence-corrected chi connectivity index (χ3v) is 2.61. The van der Waals surface area contributed by atoms with E-state index >= 15 is 0 Å². The average Bonchev–Trinajstić information content (AvgIpc) is 2.19. The molecule has 0 aliphatic carbocycles. The summed E-state index contributed by atoms with van der Waals surface area (Å²) < 4.78 is 5.14. The molecule has 1 rings (SSSR count). The molecule has 0 aromatic carbocycles. The lowest BCUT2D eigenvalue weighted by molar-refractivity contribution is -0.143. The standard InChI is InChI=1S/C10H20N2O2/c1-4-9(14-3)10(13)12-6-5-11-8(2)7-12/h8-9,11H,4-7H2,1-3H3/t8-,9?/m1/s1. The van der Waals surface area contributed by atoms with E-state index in [1.165, 1.54) is 0 Å². The van der Waals surface area contributed by atoms with E-state index in [-0.39, 0.29) is 12.0 Å². The van der Waals surface area contributed by atoms with Gasteiger partial charge in [0.15, 0.2) is 0 Å². The maximum Gasteiger partial charge on any atom is 0.251 e. The van der Waals surface area contributed by atoms with Crippen LogP contribution in [-0.4, -0.2) is 49.7 Å². The van der Waals surface area contributed by atoms with Gasteiger partial charge in [-0.25, -0.2) is 0 Å². The van der Waals surface area contributed by atoms with Gasteiger partial charge in [0.1, 0.15) is 6.10 Å². The number of hydrogen-bond acceptors (Lipinski definition) is 3. The SMILES string of the molecule is CCC(OC)C(=O)N1CCN[C@H](C)C1. The van der Waals surface area contributed by atoms with Gasteiger partial charge in [-0.1, -0.05) is 6.92 Å². The second-order valence-corrected chi connectivity index (χ2v) is 3.77. The van der Waals surface area contributed by atoms with Crippen LogP contribution in [0.4, 0.5) is 0 Å². The number of nitrogens with zero attached hydrogens (tertiary/aromatic N) is 1. The van der Waals surface area contributed by atoms with Crippen molar-refractivity contribution in [3.05, 3.63) is 0 Å². The Bertz CT molecular complexity index is 193. The highest BCUT2D eigenvalue weighted by Crippen LogP contribution is 2.06. The van der Waals surface area contributed by atoms with Crippen molar-refractivity contribution in [1.29, 1.82) is 0 Å². The molecule has 1 amide bonds. The fourth-order valence-corrected chi connectivity index (χ4v) is 1.78. The van der Waals surface area contributed by atoms with Crippen LogP contribution in [0, 0.1) is 0 Å². The molecule has 0 aromatic heterocycles. The van der Waals surface area contributed by atoms with Crippen LogP contribution in [0.5, 0.6) is 0 Å². The molecule has 1 heterocycles. The van der Waals surface area contributed by atoms with E-state index in [4.69, 9.17) is 4.74 Å². The van der Waals surface area contributed by atoms with Gasteiger partial charge in [-0.05, 0) is 13.3 Å². The minimum Gasteiger partial charge on any atom is -0.372 e. The number of carbonyl (C=O) groups excluding carboxylic acids is 1. The minimum absolute atomic E-state index is 0.128. The zero-order valence-electron chi connectivity index (χ0n) is 9.25. The van der Waals surface area contributed by atoms with E-state index in [0.717, 1.165) is 26.1 Å². The number of piperazine rings is 1.